The molecule has 4 rings (SSSR count). The maximum atomic E-state index is 12.8. The molecule has 0 bridgehead atoms. The molecule has 1 aliphatic heterocycles. The molecular weight excluding hydrogens is 613 g/mol. The fourth-order valence-corrected chi connectivity index (χ4v) is 5.33. The van der Waals surface area contributed by atoms with E-state index in [-0.39, 0.29) is 24.3 Å². The van der Waals surface area contributed by atoms with Crippen LogP contribution in [0.3, 0.4) is 0 Å². The van der Waals surface area contributed by atoms with E-state index in [4.69, 9.17) is 27.9 Å². The molecule has 0 spiro atoms. The average Bonchev–Trinajstić information content (AvgIpc) is 3.03. The SMILES string of the molecule is O=C1S/C(=C/c2ccc(OCc3ccc(Cl)cc3Cl)c(Br)c2)C(=O)N1Cc1ccccc1Br. The Morgan fingerprint density at radius 1 is 0.939 bits per heavy atom. The molecule has 3 aromatic carbocycles. The van der Waals surface area contributed by atoms with Gasteiger partial charge in [0.1, 0.15) is 12.4 Å². The second kappa shape index (κ2) is 10.7. The number of rotatable bonds is 6. The van der Waals surface area contributed by atoms with Gasteiger partial charge in [0.05, 0.1) is 15.9 Å². The highest BCUT2D eigenvalue weighted by molar-refractivity contribution is 9.10. The van der Waals surface area contributed by atoms with Crippen LogP contribution in [0, 0.1) is 0 Å². The van der Waals surface area contributed by atoms with Gasteiger partial charge in [0.15, 0.2) is 0 Å². The lowest BCUT2D eigenvalue weighted by Crippen LogP contribution is -2.27. The third kappa shape index (κ3) is 5.84. The minimum Gasteiger partial charge on any atom is -0.488 e. The van der Waals surface area contributed by atoms with Gasteiger partial charge in [0.2, 0.25) is 0 Å². The molecule has 1 fully saturated rings. The Morgan fingerprint density at radius 2 is 1.73 bits per heavy atom. The van der Waals surface area contributed by atoms with E-state index in [0.29, 0.717) is 25.2 Å². The van der Waals surface area contributed by atoms with Crippen molar-refractivity contribution in [2.45, 2.75) is 13.2 Å². The van der Waals surface area contributed by atoms with Crippen molar-refractivity contribution >= 4 is 84.0 Å². The van der Waals surface area contributed by atoms with Gasteiger partial charge in [-0.15, -0.1) is 0 Å². The Morgan fingerprint density at radius 3 is 2.45 bits per heavy atom. The summed E-state index contributed by atoms with van der Waals surface area (Å²) < 4.78 is 7.44. The highest BCUT2D eigenvalue weighted by atomic mass is 79.9. The maximum absolute atomic E-state index is 12.8. The van der Waals surface area contributed by atoms with Crippen LogP contribution in [0.15, 0.2) is 74.5 Å². The molecule has 0 aliphatic carbocycles. The average molecular weight is 628 g/mol. The van der Waals surface area contributed by atoms with Gasteiger partial charge in [0.25, 0.3) is 11.1 Å². The van der Waals surface area contributed by atoms with Crippen molar-refractivity contribution in [2.24, 2.45) is 0 Å². The van der Waals surface area contributed by atoms with Gasteiger partial charge in [-0.2, -0.15) is 0 Å². The summed E-state index contributed by atoms with van der Waals surface area (Å²) in [5, 5.41) is 0.810. The lowest BCUT2D eigenvalue weighted by Gasteiger charge is -2.13. The molecule has 1 aliphatic rings. The van der Waals surface area contributed by atoms with E-state index < -0.39 is 0 Å². The monoisotopic (exact) mass is 625 g/mol. The number of carbonyl (C=O) groups excluding carboxylic acids is 2. The van der Waals surface area contributed by atoms with Gasteiger partial charge in [-0.3, -0.25) is 14.5 Å². The van der Waals surface area contributed by atoms with Crippen LogP contribution in [-0.2, 0) is 17.9 Å². The number of ether oxygens (including phenoxy) is 1. The van der Waals surface area contributed by atoms with Gasteiger partial charge in [-0.05, 0) is 75.2 Å². The molecule has 0 aromatic heterocycles. The van der Waals surface area contributed by atoms with E-state index in [9.17, 15) is 9.59 Å². The number of amides is 2. The summed E-state index contributed by atoms with van der Waals surface area (Å²) >= 11 is 20.0. The molecule has 0 radical (unpaired) electrons. The molecule has 9 heteroatoms. The molecule has 1 saturated heterocycles. The topological polar surface area (TPSA) is 46.6 Å². The third-order valence-electron chi connectivity index (χ3n) is 4.81. The molecule has 0 atom stereocenters. The zero-order valence-corrected chi connectivity index (χ0v) is 22.4. The van der Waals surface area contributed by atoms with E-state index >= 15 is 0 Å². The molecule has 4 nitrogen and oxygen atoms in total. The maximum Gasteiger partial charge on any atom is 0.293 e. The molecule has 2 amide bonds. The number of carbonyl (C=O) groups is 2. The second-order valence-electron chi connectivity index (χ2n) is 7.07. The number of halogens is 4. The molecule has 3 aromatic rings. The fourth-order valence-electron chi connectivity index (χ4n) is 3.10. The standard InChI is InChI=1S/C24H15Br2Cl2NO3S/c25-18-4-2-1-3-15(18)12-29-23(30)22(33-24(29)31)10-14-5-8-21(19(26)9-14)32-13-16-6-7-17(27)11-20(16)28/h1-11H,12-13H2/b22-10+. The summed E-state index contributed by atoms with van der Waals surface area (Å²) in [6.07, 6.45) is 1.70. The number of nitrogens with zero attached hydrogens (tertiary/aromatic N) is 1. The Balaban J connectivity index is 1.46. The minimum atomic E-state index is -0.311. The fraction of sp³-hybridized carbons (Fsp3) is 0.0833. The normalized spacial score (nSPS) is 14.9. The van der Waals surface area contributed by atoms with Crippen molar-refractivity contribution in [1.82, 2.24) is 4.90 Å². The summed E-state index contributed by atoms with van der Waals surface area (Å²) in [5.41, 5.74) is 2.45. The van der Waals surface area contributed by atoms with Gasteiger partial charge in [-0.1, -0.05) is 69.5 Å². The highest BCUT2D eigenvalue weighted by Crippen LogP contribution is 2.35. The van der Waals surface area contributed by atoms with Crippen LogP contribution in [0.25, 0.3) is 6.08 Å². The molecule has 1 heterocycles. The van der Waals surface area contributed by atoms with Gasteiger partial charge in [0, 0.05) is 20.1 Å². The summed E-state index contributed by atoms with van der Waals surface area (Å²) in [7, 11) is 0. The van der Waals surface area contributed by atoms with Gasteiger partial charge in [-0.25, -0.2) is 0 Å². The Labute approximate surface area is 222 Å². The Kier molecular flexibility index (Phi) is 7.87. The first-order chi connectivity index (χ1) is 15.8. The lowest BCUT2D eigenvalue weighted by atomic mass is 10.2. The molecule has 0 N–H and O–H groups in total. The molecule has 33 heavy (non-hydrogen) atoms. The first-order valence-electron chi connectivity index (χ1n) is 9.67. The number of hydrogen-bond acceptors (Lipinski definition) is 4. The zero-order valence-electron chi connectivity index (χ0n) is 16.9. The quantitative estimate of drug-likeness (QED) is 0.258. The summed E-state index contributed by atoms with van der Waals surface area (Å²) in [6.45, 7) is 0.495. The van der Waals surface area contributed by atoms with E-state index in [1.54, 1.807) is 24.3 Å². The predicted octanol–water partition coefficient (Wildman–Crippen LogP) is 8.33. The number of imide groups is 1. The van der Waals surface area contributed by atoms with Crippen LogP contribution in [-0.4, -0.2) is 16.0 Å². The number of hydrogen-bond donors (Lipinski definition) is 0. The molecule has 0 saturated carbocycles. The third-order valence-corrected chi connectivity index (χ3v) is 7.70. The smallest absolute Gasteiger partial charge is 0.293 e. The summed E-state index contributed by atoms with van der Waals surface area (Å²) in [6, 6.07) is 18.2. The van der Waals surface area contributed by atoms with Crippen molar-refractivity contribution in [3.8, 4) is 5.75 Å². The van der Waals surface area contributed by atoms with Crippen LogP contribution in [0.2, 0.25) is 10.0 Å². The summed E-state index contributed by atoms with van der Waals surface area (Å²) in [5.74, 6) is 0.315. The predicted molar refractivity (Wildman–Crippen MR) is 141 cm³/mol. The largest absolute Gasteiger partial charge is 0.488 e. The van der Waals surface area contributed by atoms with Crippen LogP contribution < -0.4 is 4.74 Å². The molecule has 0 unspecified atom stereocenters. The van der Waals surface area contributed by atoms with Crippen LogP contribution >= 0.6 is 66.8 Å². The molecular formula is C24H15Br2Cl2NO3S. The van der Waals surface area contributed by atoms with Crippen LogP contribution in [0.5, 0.6) is 5.75 Å². The van der Waals surface area contributed by atoms with E-state index in [0.717, 1.165) is 32.9 Å². The van der Waals surface area contributed by atoms with Crippen LogP contribution in [0.1, 0.15) is 16.7 Å². The highest BCUT2D eigenvalue weighted by Gasteiger charge is 2.35. The van der Waals surface area contributed by atoms with Crippen molar-refractivity contribution in [3.05, 3.63) is 101 Å². The first kappa shape index (κ1) is 24.4. The van der Waals surface area contributed by atoms with E-state index in [1.165, 1.54) is 4.90 Å². The second-order valence-corrected chi connectivity index (χ2v) is 10.6. The Bertz CT molecular complexity index is 1280. The van der Waals surface area contributed by atoms with Crippen LogP contribution in [0.4, 0.5) is 4.79 Å². The van der Waals surface area contributed by atoms with Gasteiger partial charge < -0.3 is 4.74 Å². The van der Waals surface area contributed by atoms with E-state index in [1.807, 2.05) is 42.5 Å². The zero-order chi connectivity index (χ0) is 23.5. The van der Waals surface area contributed by atoms with Crippen molar-refractivity contribution in [2.75, 3.05) is 0 Å². The minimum absolute atomic E-state index is 0.215. The van der Waals surface area contributed by atoms with Gasteiger partial charge >= 0.3 is 0 Å². The lowest BCUT2D eigenvalue weighted by molar-refractivity contribution is -0.123. The molecule has 168 valence electrons. The Hall–Kier alpha value is -1.77. The number of benzene rings is 3. The first-order valence-corrected chi connectivity index (χ1v) is 12.8. The van der Waals surface area contributed by atoms with Crippen molar-refractivity contribution in [1.29, 1.82) is 0 Å². The van der Waals surface area contributed by atoms with E-state index in [2.05, 4.69) is 31.9 Å². The van der Waals surface area contributed by atoms with Crippen molar-refractivity contribution < 1.29 is 14.3 Å². The number of thioether (sulfide) groups is 1. The summed E-state index contributed by atoms with van der Waals surface area (Å²) in [4.78, 5) is 26.9. The van der Waals surface area contributed by atoms with Crippen molar-refractivity contribution in [3.63, 3.8) is 0 Å².